The van der Waals surface area contributed by atoms with Crippen molar-refractivity contribution >= 4 is 33.3 Å². The number of nitrogens with zero attached hydrogens (tertiary/aromatic N) is 2. The normalized spacial score (nSPS) is 11.7. The lowest BCUT2D eigenvalue weighted by Gasteiger charge is -2.26. The number of carbonyl (C=O) groups excluding carboxylic acids is 1. The molecule has 0 spiro atoms. The average Bonchev–Trinajstić information content (AvgIpc) is 3.47. The summed E-state index contributed by atoms with van der Waals surface area (Å²) in [5.41, 5.74) is 1.74. The molecule has 0 N–H and O–H groups in total. The first-order chi connectivity index (χ1) is 18.9. The van der Waals surface area contributed by atoms with Crippen LogP contribution in [-0.4, -0.2) is 71.1 Å². The zero-order valence-corrected chi connectivity index (χ0v) is 24.2. The van der Waals surface area contributed by atoms with Crippen LogP contribution in [0, 0.1) is 0 Å². The third kappa shape index (κ3) is 9.50. The van der Waals surface area contributed by atoms with Crippen LogP contribution >= 0.6 is 11.3 Å². The van der Waals surface area contributed by atoms with Gasteiger partial charge in [-0.25, -0.2) is 8.42 Å². The molecular formula is C29H36N2O6S2. The molecule has 0 aliphatic heterocycles. The van der Waals surface area contributed by atoms with Gasteiger partial charge >= 0.3 is 0 Å². The van der Waals surface area contributed by atoms with Crippen LogP contribution in [0.4, 0.5) is 0 Å². The second-order valence-corrected chi connectivity index (χ2v) is 11.6. The first-order valence-electron chi connectivity index (χ1n) is 12.6. The van der Waals surface area contributed by atoms with Gasteiger partial charge in [-0.3, -0.25) is 4.79 Å². The van der Waals surface area contributed by atoms with Crippen LogP contribution in [0.15, 0.2) is 71.5 Å². The van der Waals surface area contributed by atoms with Crippen molar-refractivity contribution in [1.82, 2.24) is 9.21 Å². The molecule has 0 atom stereocenters. The quantitative estimate of drug-likeness (QED) is 0.232. The minimum absolute atomic E-state index is 0.170. The number of amides is 1. The molecule has 0 saturated carbocycles. The van der Waals surface area contributed by atoms with E-state index in [2.05, 4.69) is 0 Å². The lowest BCUT2D eigenvalue weighted by molar-refractivity contribution is -0.132. The van der Waals surface area contributed by atoms with Crippen LogP contribution in [0.5, 0.6) is 11.5 Å². The summed E-state index contributed by atoms with van der Waals surface area (Å²) in [5, 5.41) is 3.12. The highest BCUT2D eigenvalue weighted by Crippen LogP contribution is 2.28. The Morgan fingerprint density at radius 3 is 2.38 bits per heavy atom. The molecule has 0 radical (unpaired) electrons. The number of hydrogen-bond acceptors (Lipinski definition) is 7. The summed E-state index contributed by atoms with van der Waals surface area (Å²) in [6.45, 7) is 1.11. The van der Waals surface area contributed by atoms with Crippen LogP contribution in [0.25, 0.3) is 6.08 Å². The van der Waals surface area contributed by atoms with Crippen molar-refractivity contribution in [2.24, 2.45) is 0 Å². The first kappa shape index (κ1) is 30.4. The summed E-state index contributed by atoms with van der Waals surface area (Å²) in [4.78, 5) is 16.3. The van der Waals surface area contributed by atoms with Crippen molar-refractivity contribution in [2.45, 2.75) is 19.4 Å². The molecule has 3 rings (SSSR count). The summed E-state index contributed by atoms with van der Waals surface area (Å²) < 4.78 is 43.7. The highest BCUT2D eigenvalue weighted by Gasteiger charge is 2.25. The summed E-state index contributed by atoms with van der Waals surface area (Å²) in [6.07, 6.45) is 2.59. The van der Waals surface area contributed by atoms with Crippen molar-refractivity contribution in [1.29, 1.82) is 0 Å². The molecule has 1 amide bonds. The zero-order chi connectivity index (χ0) is 28.1. The largest absolute Gasteiger partial charge is 0.493 e. The Morgan fingerprint density at radius 1 is 0.949 bits per heavy atom. The molecule has 0 aliphatic rings. The molecule has 0 fully saturated rings. The standard InChI is InChI=1S/C29H36N2O6S2/c1-35-18-8-16-31(39(33,34)20-15-24-9-5-4-6-10-24)23-29(32)30(22-26-11-7-19-38-26)17-14-25-12-13-27(36-2)28(21-25)37-3/h4-7,9-13,15,19-21H,8,14,16-18,22-23H2,1-3H3/b20-15+. The number of rotatable bonds is 16. The number of carbonyl (C=O) groups is 1. The van der Waals surface area contributed by atoms with Crippen LogP contribution in [-0.2, 0) is 32.5 Å². The lowest BCUT2D eigenvalue weighted by atomic mass is 10.1. The van der Waals surface area contributed by atoms with Crippen molar-refractivity contribution in [3.63, 3.8) is 0 Å². The van der Waals surface area contributed by atoms with Crippen molar-refractivity contribution < 1.29 is 27.4 Å². The predicted octanol–water partition coefficient (Wildman–Crippen LogP) is 4.68. The molecule has 39 heavy (non-hydrogen) atoms. The maximum absolute atomic E-state index is 13.6. The molecular weight excluding hydrogens is 536 g/mol. The Labute approximate surface area is 235 Å². The smallest absolute Gasteiger partial charge is 0.238 e. The molecule has 0 bridgehead atoms. The van der Waals surface area contributed by atoms with E-state index in [0.717, 1.165) is 21.4 Å². The van der Waals surface area contributed by atoms with Gasteiger partial charge in [-0.15, -0.1) is 11.3 Å². The Balaban J connectivity index is 1.79. The van der Waals surface area contributed by atoms with Crippen LogP contribution in [0.3, 0.4) is 0 Å². The highest BCUT2D eigenvalue weighted by atomic mass is 32.2. The van der Waals surface area contributed by atoms with E-state index >= 15 is 0 Å². The topological polar surface area (TPSA) is 85.4 Å². The Morgan fingerprint density at radius 2 is 1.72 bits per heavy atom. The fourth-order valence-electron chi connectivity index (χ4n) is 3.93. The molecule has 0 aliphatic carbocycles. The molecule has 2 aromatic carbocycles. The SMILES string of the molecule is COCCCN(CC(=O)N(CCc1ccc(OC)c(OC)c1)Cc1cccs1)S(=O)(=O)/C=C/c1ccccc1. The summed E-state index contributed by atoms with van der Waals surface area (Å²) >= 11 is 1.56. The van der Waals surface area contributed by atoms with Crippen LogP contribution in [0.2, 0.25) is 0 Å². The average molecular weight is 573 g/mol. The van der Waals surface area contributed by atoms with E-state index < -0.39 is 10.0 Å². The van der Waals surface area contributed by atoms with Crippen molar-refractivity contribution in [2.75, 3.05) is 47.6 Å². The predicted molar refractivity (Wildman–Crippen MR) is 155 cm³/mol. The third-order valence-electron chi connectivity index (χ3n) is 6.06. The second-order valence-electron chi connectivity index (χ2n) is 8.77. The molecule has 0 unspecified atom stereocenters. The van der Waals surface area contributed by atoms with E-state index in [1.165, 1.54) is 4.31 Å². The summed E-state index contributed by atoms with van der Waals surface area (Å²) in [5.74, 6) is 0.984. The zero-order valence-electron chi connectivity index (χ0n) is 22.6. The van der Waals surface area contributed by atoms with Gasteiger partial charge in [0.15, 0.2) is 11.5 Å². The van der Waals surface area contributed by atoms with Gasteiger partial charge in [-0.1, -0.05) is 42.5 Å². The van der Waals surface area contributed by atoms with E-state index in [1.54, 1.807) is 43.6 Å². The van der Waals surface area contributed by atoms with Gasteiger partial charge in [0.2, 0.25) is 15.9 Å². The Hall–Kier alpha value is -3.18. The van der Waals surface area contributed by atoms with Crippen LogP contribution < -0.4 is 9.47 Å². The Bertz CT molecular complexity index is 1290. The number of hydrogen-bond donors (Lipinski definition) is 0. The van der Waals surface area contributed by atoms with E-state index in [1.807, 2.05) is 66.0 Å². The minimum atomic E-state index is -3.85. The van der Waals surface area contributed by atoms with E-state index in [0.29, 0.717) is 44.0 Å². The number of ether oxygens (including phenoxy) is 3. The molecule has 8 nitrogen and oxygen atoms in total. The van der Waals surface area contributed by atoms with Gasteiger partial charge in [0, 0.05) is 37.1 Å². The first-order valence-corrected chi connectivity index (χ1v) is 15.0. The van der Waals surface area contributed by atoms with Crippen molar-refractivity contribution in [3.8, 4) is 11.5 Å². The molecule has 1 heterocycles. The maximum atomic E-state index is 13.6. The van der Waals surface area contributed by atoms with Gasteiger partial charge in [-0.05, 0) is 53.6 Å². The number of methoxy groups -OCH3 is 3. The van der Waals surface area contributed by atoms with Gasteiger partial charge in [0.05, 0.1) is 27.3 Å². The molecule has 210 valence electrons. The van der Waals surface area contributed by atoms with Crippen LogP contribution in [0.1, 0.15) is 22.4 Å². The van der Waals surface area contributed by atoms with E-state index in [-0.39, 0.29) is 19.0 Å². The van der Waals surface area contributed by atoms with Gasteiger partial charge in [0.25, 0.3) is 0 Å². The summed E-state index contributed by atoms with van der Waals surface area (Å²) in [6, 6.07) is 18.8. The summed E-state index contributed by atoms with van der Waals surface area (Å²) in [7, 11) is 0.878. The fourth-order valence-corrected chi connectivity index (χ4v) is 5.82. The van der Waals surface area contributed by atoms with Gasteiger partial charge in [0.1, 0.15) is 0 Å². The number of thiophene rings is 1. The molecule has 0 saturated heterocycles. The molecule has 10 heteroatoms. The highest BCUT2D eigenvalue weighted by molar-refractivity contribution is 7.92. The Kier molecular flexibility index (Phi) is 12.0. The molecule has 1 aromatic heterocycles. The van der Waals surface area contributed by atoms with Crippen molar-refractivity contribution in [3.05, 3.63) is 87.5 Å². The third-order valence-corrected chi connectivity index (χ3v) is 8.43. The van der Waals surface area contributed by atoms with E-state index in [4.69, 9.17) is 14.2 Å². The number of benzene rings is 2. The van der Waals surface area contributed by atoms with E-state index in [9.17, 15) is 13.2 Å². The fraction of sp³-hybridized carbons (Fsp3) is 0.345. The van der Waals surface area contributed by atoms with Gasteiger partial charge in [-0.2, -0.15) is 4.31 Å². The van der Waals surface area contributed by atoms with Gasteiger partial charge < -0.3 is 19.1 Å². The maximum Gasteiger partial charge on any atom is 0.238 e. The lowest BCUT2D eigenvalue weighted by Crippen LogP contribution is -2.43. The monoisotopic (exact) mass is 572 g/mol. The minimum Gasteiger partial charge on any atom is -0.493 e. The number of sulfonamides is 1. The molecule has 3 aromatic rings. The second kappa shape index (κ2) is 15.4.